The molecule has 5 heteroatoms. The van der Waals surface area contributed by atoms with E-state index in [9.17, 15) is 9.59 Å². The minimum absolute atomic E-state index is 0.227. The highest BCUT2D eigenvalue weighted by Gasteiger charge is 1.98. The normalized spacial score (nSPS) is 9.33. The second-order valence-electron chi connectivity index (χ2n) is 2.17. The smallest absolute Gasteiger partial charge is 0.322 e. The van der Waals surface area contributed by atoms with Crippen LogP contribution in [0.15, 0.2) is 23.3 Å². The number of anilines is 1. The molecule has 0 saturated heterocycles. The fourth-order valence-corrected chi connectivity index (χ4v) is 0.725. The molecule has 64 valence electrons. The van der Waals surface area contributed by atoms with Gasteiger partial charge in [-0.3, -0.25) is 9.59 Å². The number of carbonyl (C=O) groups is 1. The van der Waals surface area contributed by atoms with Gasteiger partial charge >= 0.3 is 5.97 Å². The zero-order valence-corrected chi connectivity index (χ0v) is 6.20. The van der Waals surface area contributed by atoms with Gasteiger partial charge in [-0.15, -0.1) is 0 Å². The van der Waals surface area contributed by atoms with E-state index in [0.717, 1.165) is 0 Å². The van der Waals surface area contributed by atoms with E-state index < -0.39 is 5.97 Å². The highest BCUT2D eigenvalue weighted by molar-refractivity contribution is 5.72. The molecule has 0 aliphatic heterocycles. The lowest BCUT2D eigenvalue weighted by molar-refractivity contribution is -0.134. The van der Waals surface area contributed by atoms with Gasteiger partial charge in [0.2, 0.25) is 5.43 Å². The first kappa shape index (κ1) is 8.32. The molecule has 5 nitrogen and oxygen atoms in total. The van der Waals surface area contributed by atoms with E-state index in [1.54, 1.807) is 0 Å². The summed E-state index contributed by atoms with van der Waals surface area (Å²) >= 11 is 0. The van der Waals surface area contributed by atoms with Crippen molar-refractivity contribution in [1.29, 1.82) is 0 Å². The number of H-pyrrole nitrogens is 1. The predicted octanol–water partition coefficient (Wildman–Crippen LogP) is -0.129. The number of hydrogen-bond acceptors (Lipinski definition) is 3. The number of pyridine rings is 1. The Balaban J connectivity index is 2.70. The summed E-state index contributed by atoms with van der Waals surface area (Å²) in [5, 5.41) is 10.8. The predicted molar refractivity (Wildman–Crippen MR) is 43.2 cm³/mol. The van der Waals surface area contributed by atoms with Crippen molar-refractivity contribution in [2.45, 2.75) is 0 Å². The van der Waals surface area contributed by atoms with Crippen molar-refractivity contribution in [3.8, 4) is 0 Å². The molecule has 0 radical (unpaired) electrons. The van der Waals surface area contributed by atoms with Gasteiger partial charge in [0.05, 0.1) is 5.69 Å². The van der Waals surface area contributed by atoms with Gasteiger partial charge in [-0.05, 0) is 0 Å². The van der Waals surface area contributed by atoms with Crippen LogP contribution >= 0.6 is 0 Å². The highest BCUT2D eigenvalue weighted by atomic mass is 16.4. The molecule has 3 N–H and O–H groups in total. The Morgan fingerprint density at radius 2 is 2.42 bits per heavy atom. The monoisotopic (exact) mass is 168 g/mol. The number of aromatic amines is 1. The molecule has 0 aliphatic carbocycles. The van der Waals surface area contributed by atoms with Gasteiger partial charge in [0.25, 0.3) is 0 Å². The second kappa shape index (κ2) is 3.56. The van der Waals surface area contributed by atoms with Crippen LogP contribution in [-0.2, 0) is 4.79 Å². The molecule has 0 fully saturated rings. The molecule has 1 rings (SSSR count). The van der Waals surface area contributed by atoms with Gasteiger partial charge in [0, 0.05) is 18.5 Å². The second-order valence-corrected chi connectivity index (χ2v) is 2.17. The fraction of sp³-hybridized carbons (Fsp3) is 0.143. The molecule has 1 heterocycles. The zero-order chi connectivity index (χ0) is 8.97. The summed E-state index contributed by atoms with van der Waals surface area (Å²) in [6.45, 7) is -0.257. The van der Waals surface area contributed by atoms with Crippen LogP contribution in [0.4, 0.5) is 5.69 Å². The first-order chi connectivity index (χ1) is 5.70. The number of nitrogens with one attached hydrogen (secondary N) is 2. The number of aromatic nitrogens is 1. The molecular weight excluding hydrogens is 160 g/mol. The average Bonchev–Trinajstić information content (AvgIpc) is 2.03. The van der Waals surface area contributed by atoms with Gasteiger partial charge in [0.15, 0.2) is 0 Å². The summed E-state index contributed by atoms with van der Waals surface area (Å²) in [4.78, 5) is 23.7. The van der Waals surface area contributed by atoms with E-state index in [0.29, 0.717) is 0 Å². The third-order valence-electron chi connectivity index (χ3n) is 1.25. The number of carboxylic acids is 1. The van der Waals surface area contributed by atoms with Crippen molar-refractivity contribution in [2.75, 3.05) is 11.9 Å². The third kappa shape index (κ3) is 2.12. The van der Waals surface area contributed by atoms with Crippen LogP contribution in [0.5, 0.6) is 0 Å². The Labute approximate surface area is 68.0 Å². The van der Waals surface area contributed by atoms with Crippen LogP contribution in [0.1, 0.15) is 0 Å². The van der Waals surface area contributed by atoms with E-state index in [1.807, 2.05) is 0 Å². The van der Waals surface area contributed by atoms with Crippen molar-refractivity contribution in [1.82, 2.24) is 4.98 Å². The Kier molecular flexibility index (Phi) is 2.47. The molecule has 0 spiro atoms. The van der Waals surface area contributed by atoms with E-state index in [4.69, 9.17) is 5.11 Å². The molecule has 1 aromatic heterocycles. The van der Waals surface area contributed by atoms with Crippen LogP contribution in [-0.4, -0.2) is 22.6 Å². The molecule has 0 saturated carbocycles. The van der Waals surface area contributed by atoms with Crippen LogP contribution in [0.3, 0.4) is 0 Å². The molecule has 0 aliphatic rings. The van der Waals surface area contributed by atoms with Crippen LogP contribution in [0, 0.1) is 0 Å². The lowest BCUT2D eigenvalue weighted by Gasteiger charge is -1.99. The van der Waals surface area contributed by atoms with E-state index in [1.165, 1.54) is 18.5 Å². The average molecular weight is 168 g/mol. The van der Waals surface area contributed by atoms with Crippen molar-refractivity contribution in [3.05, 3.63) is 28.7 Å². The molecule has 0 bridgehead atoms. The Hall–Kier alpha value is -1.78. The first-order valence-electron chi connectivity index (χ1n) is 3.33. The highest BCUT2D eigenvalue weighted by Crippen LogP contribution is 1.92. The van der Waals surface area contributed by atoms with Crippen LogP contribution in [0.2, 0.25) is 0 Å². The SMILES string of the molecule is O=C(O)CNc1c[nH]ccc1=O. The van der Waals surface area contributed by atoms with Crippen molar-refractivity contribution >= 4 is 11.7 Å². The summed E-state index contributed by atoms with van der Waals surface area (Å²) in [7, 11) is 0. The van der Waals surface area contributed by atoms with Crippen molar-refractivity contribution in [2.24, 2.45) is 0 Å². The maximum Gasteiger partial charge on any atom is 0.322 e. The van der Waals surface area contributed by atoms with Crippen LogP contribution < -0.4 is 10.7 Å². The van der Waals surface area contributed by atoms with Gasteiger partial charge in [0.1, 0.15) is 6.54 Å². The molecule has 1 aromatic rings. The standard InChI is InChI=1S/C7H8N2O3/c10-6-1-2-8-3-5(6)9-4-7(11)12/h1-3,9H,4H2,(H,8,10)(H,11,12). The Morgan fingerprint density at radius 3 is 3.00 bits per heavy atom. The van der Waals surface area contributed by atoms with Gasteiger partial charge < -0.3 is 15.4 Å². The van der Waals surface area contributed by atoms with Crippen LogP contribution in [0.25, 0.3) is 0 Å². The lowest BCUT2D eigenvalue weighted by Crippen LogP contribution is -2.17. The van der Waals surface area contributed by atoms with Crippen molar-refractivity contribution < 1.29 is 9.90 Å². The number of aliphatic carboxylic acids is 1. The Morgan fingerprint density at radius 1 is 1.67 bits per heavy atom. The summed E-state index contributed by atoms with van der Waals surface area (Å²) in [5.41, 5.74) is 0.0369. The molecule has 0 amide bonds. The summed E-state index contributed by atoms with van der Waals surface area (Å²) in [6.07, 6.45) is 2.90. The minimum atomic E-state index is -1.00. The lowest BCUT2D eigenvalue weighted by atomic mass is 10.4. The topological polar surface area (TPSA) is 82.2 Å². The van der Waals surface area contributed by atoms with Gasteiger partial charge in [-0.2, -0.15) is 0 Å². The summed E-state index contributed by atoms with van der Waals surface area (Å²) in [6, 6.07) is 1.32. The summed E-state index contributed by atoms with van der Waals surface area (Å²) in [5.74, 6) is -1.00. The number of hydrogen-bond donors (Lipinski definition) is 3. The fourth-order valence-electron chi connectivity index (χ4n) is 0.725. The minimum Gasteiger partial charge on any atom is -0.480 e. The van der Waals surface area contributed by atoms with E-state index in [2.05, 4.69) is 10.3 Å². The largest absolute Gasteiger partial charge is 0.480 e. The van der Waals surface area contributed by atoms with E-state index in [-0.39, 0.29) is 17.7 Å². The first-order valence-corrected chi connectivity index (χ1v) is 3.33. The number of rotatable bonds is 3. The quantitative estimate of drug-likeness (QED) is 0.587. The van der Waals surface area contributed by atoms with Gasteiger partial charge in [-0.25, -0.2) is 0 Å². The maximum atomic E-state index is 11.0. The third-order valence-corrected chi connectivity index (χ3v) is 1.25. The number of carboxylic acid groups (broad SMARTS) is 1. The van der Waals surface area contributed by atoms with Gasteiger partial charge in [-0.1, -0.05) is 0 Å². The van der Waals surface area contributed by atoms with E-state index >= 15 is 0 Å². The Bertz CT molecular complexity index is 331. The van der Waals surface area contributed by atoms with Crippen molar-refractivity contribution in [3.63, 3.8) is 0 Å². The molecule has 0 atom stereocenters. The molecule has 0 aromatic carbocycles. The summed E-state index contributed by atoms with van der Waals surface area (Å²) < 4.78 is 0. The molecule has 0 unspecified atom stereocenters. The molecule has 12 heavy (non-hydrogen) atoms. The maximum absolute atomic E-state index is 11.0. The molecular formula is C7H8N2O3. The zero-order valence-electron chi connectivity index (χ0n) is 6.20.